The number of aliphatic hydroxyl groups excluding tert-OH is 1. The van der Waals surface area contributed by atoms with Gasteiger partial charge in [0.25, 0.3) is 0 Å². The summed E-state index contributed by atoms with van der Waals surface area (Å²) in [6.07, 6.45) is 16.7. The Morgan fingerprint density at radius 3 is 2.75 bits per heavy atom. The Balaban J connectivity index is 1.84. The molecule has 3 rings (SSSR count). The number of aliphatic carboxylic acids is 1. The molecular weight excluding hydrogens is 458 g/mol. The molecule has 0 unspecified atom stereocenters. The molecule has 9 nitrogen and oxygen atoms in total. The molecule has 4 atom stereocenters. The highest BCUT2D eigenvalue weighted by Crippen LogP contribution is 2.42. The van der Waals surface area contributed by atoms with Gasteiger partial charge in [0.2, 0.25) is 0 Å². The first kappa shape index (κ1) is 27.5. The fourth-order valence-electron chi connectivity index (χ4n) is 4.91. The number of carboxylic acids is 1. The van der Waals surface area contributed by atoms with Crippen LogP contribution in [-0.2, 0) is 9.59 Å². The summed E-state index contributed by atoms with van der Waals surface area (Å²) in [5.74, 6) is -0.236. The molecule has 36 heavy (non-hydrogen) atoms. The summed E-state index contributed by atoms with van der Waals surface area (Å²) in [5, 5.41) is 19.3. The average Bonchev–Trinajstić information content (AvgIpc) is 3.40. The number of anilines is 1. The van der Waals surface area contributed by atoms with Crippen LogP contribution in [-0.4, -0.2) is 61.7 Å². The molecule has 196 valence electrons. The van der Waals surface area contributed by atoms with Crippen molar-refractivity contribution in [2.45, 2.75) is 76.9 Å². The fraction of sp³-hybridized carbons (Fsp3) is 0.593. The lowest BCUT2D eigenvalue weighted by Crippen LogP contribution is -2.19. The number of fused-ring (bicyclic) bond motifs is 1. The van der Waals surface area contributed by atoms with Crippen LogP contribution in [0.2, 0.25) is 0 Å². The Labute approximate surface area is 213 Å². The molecule has 1 aliphatic rings. The van der Waals surface area contributed by atoms with E-state index in [9.17, 15) is 14.7 Å². The molecule has 0 aliphatic heterocycles. The van der Waals surface area contributed by atoms with Gasteiger partial charge in [-0.2, -0.15) is 0 Å². The zero-order valence-corrected chi connectivity index (χ0v) is 21.6. The van der Waals surface area contributed by atoms with Gasteiger partial charge < -0.3 is 19.7 Å². The van der Waals surface area contributed by atoms with Gasteiger partial charge in [0.1, 0.15) is 12.1 Å². The van der Waals surface area contributed by atoms with Crippen LogP contribution in [0.15, 0.2) is 37.0 Å². The number of aliphatic hydroxyl groups is 1. The van der Waals surface area contributed by atoms with Gasteiger partial charge in [-0.3, -0.25) is 9.59 Å². The van der Waals surface area contributed by atoms with Gasteiger partial charge >= 0.3 is 5.97 Å². The van der Waals surface area contributed by atoms with E-state index in [4.69, 9.17) is 5.11 Å². The molecule has 2 N–H and O–H groups in total. The monoisotopic (exact) mass is 497 g/mol. The van der Waals surface area contributed by atoms with E-state index in [1.165, 1.54) is 6.33 Å². The molecule has 9 heteroatoms. The predicted octanol–water partition coefficient (Wildman–Crippen LogP) is 4.34. The summed E-state index contributed by atoms with van der Waals surface area (Å²) in [4.78, 5) is 39.2. The number of ketones is 1. The molecular formula is C27H39N5O4. The first-order valence-corrected chi connectivity index (χ1v) is 12.9. The SMILES string of the molecule is CCCCC[C@@H](O)/C=C/[C@H]1[C@H](n2cnc3c(N(C)C)ncnc32)CC(=O)[C@@H]1C/C=C\CCCC(=O)O. The van der Waals surface area contributed by atoms with E-state index < -0.39 is 12.1 Å². The molecule has 0 spiro atoms. The maximum atomic E-state index is 13.2. The Kier molecular flexibility index (Phi) is 10.2. The number of Topliss-reactive ketones (excluding diaryl/α,β-unsaturated/α-hetero) is 1. The van der Waals surface area contributed by atoms with Gasteiger partial charge in [-0.25, -0.2) is 15.0 Å². The minimum Gasteiger partial charge on any atom is -0.481 e. The third-order valence-electron chi connectivity index (χ3n) is 6.83. The van der Waals surface area contributed by atoms with Crippen molar-refractivity contribution in [1.29, 1.82) is 0 Å². The predicted molar refractivity (Wildman–Crippen MR) is 140 cm³/mol. The Hall–Kier alpha value is -3.07. The van der Waals surface area contributed by atoms with Crippen LogP contribution in [0.25, 0.3) is 11.2 Å². The van der Waals surface area contributed by atoms with Crippen LogP contribution in [0, 0.1) is 11.8 Å². The van der Waals surface area contributed by atoms with Crippen molar-refractivity contribution in [3.63, 3.8) is 0 Å². The van der Waals surface area contributed by atoms with Crippen molar-refractivity contribution < 1.29 is 19.8 Å². The van der Waals surface area contributed by atoms with Gasteiger partial charge in [-0.1, -0.05) is 50.5 Å². The van der Waals surface area contributed by atoms with E-state index in [0.717, 1.165) is 25.1 Å². The summed E-state index contributed by atoms with van der Waals surface area (Å²) < 4.78 is 1.98. The number of unbranched alkanes of at least 4 members (excludes halogenated alkanes) is 3. The Morgan fingerprint density at radius 2 is 2.03 bits per heavy atom. The van der Waals surface area contributed by atoms with Gasteiger partial charge in [0.15, 0.2) is 17.0 Å². The van der Waals surface area contributed by atoms with E-state index in [2.05, 4.69) is 21.9 Å². The highest BCUT2D eigenvalue weighted by molar-refractivity contribution is 5.86. The first-order chi connectivity index (χ1) is 17.3. The maximum Gasteiger partial charge on any atom is 0.303 e. The molecule has 2 aromatic rings. The zero-order chi connectivity index (χ0) is 26.1. The summed E-state index contributed by atoms with van der Waals surface area (Å²) >= 11 is 0. The summed E-state index contributed by atoms with van der Waals surface area (Å²) in [6, 6.07) is -0.156. The molecule has 1 fully saturated rings. The molecule has 0 saturated heterocycles. The highest BCUT2D eigenvalue weighted by Gasteiger charge is 2.42. The lowest BCUT2D eigenvalue weighted by molar-refractivity contribution is -0.137. The third-order valence-corrected chi connectivity index (χ3v) is 6.83. The zero-order valence-electron chi connectivity index (χ0n) is 21.6. The minimum absolute atomic E-state index is 0.114. The van der Waals surface area contributed by atoms with Crippen molar-refractivity contribution in [1.82, 2.24) is 19.5 Å². The summed E-state index contributed by atoms with van der Waals surface area (Å²) in [7, 11) is 3.81. The Bertz CT molecular complexity index is 1080. The summed E-state index contributed by atoms with van der Waals surface area (Å²) in [6.45, 7) is 2.14. The second kappa shape index (κ2) is 13.3. The first-order valence-electron chi connectivity index (χ1n) is 12.9. The number of allylic oxidation sites excluding steroid dienone is 3. The van der Waals surface area contributed by atoms with Crippen molar-refractivity contribution in [3.05, 3.63) is 37.0 Å². The molecule has 0 bridgehead atoms. The van der Waals surface area contributed by atoms with Crippen LogP contribution in [0.1, 0.15) is 70.8 Å². The van der Waals surface area contributed by atoms with E-state index in [-0.39, 0.29) is 30.1 Å². The van der Waals surface area contributed by atoms with Crippen LogP contribution in [0.3, 0.4) is 0 Å². The van der Waals surface area contributed by atoms with Gasteiger partial charge in [-0.05, 0) is 25.7 Å². The third kappa shape index (κ3) is 7.00. The molecule has 1 saturated carbocycles. The van der Waals surface area contributed by atoms with Crippen molar-refractivity contribution in [2.24, 2.45) is 11.8 Å². The van der Waals surface area contributed by atoms with Crippen LogP contribution < -0.4 is 4.90 Å². The molecule has 1 aliphatic carbocycles. The molecule has 2 heterocycles. The summed E-state index contributed by atoms with van der Waals surface area (Å²) in [5.41, 5.74) is 1.39. The highest BCUT2D eigenvalue weighted by atomic mass is 16.4. The molecule has 0 radical (unpaired) electrons. The topological polar surface area (TPSA) is 121 Å². The fourth-order valence-corrected chi connectivity index (χ4v) is 4.91. The largest absolute Gasteiger partial charge is 0.481 e. The lowest BCUT2D eigenvalue weighted by Gasteiger charge is -2.22. The number of nitrogens with zero attached hydrogens (tertiary/aromatic N) is 5. The van der Waals surface area contributed by atoms with E-state index in [1.807, 2.05) is 47.9 Å². The minimum atomic E-state index is -0.797. The van der Waals surface area contributed by atoms with Crippen molar-refractivity contribution in [3.8, 4) is 0 Å². The molecule has 0 amide bonds. The number of carbonyl (C=O) groups excluding carboxylic acids is 1. The smallest absolute Gasteiger partial charge is 0.303 e. The standard InChI is InChI=1S/C27H39N5O4/c1-4-5-8-11-19(33)14-15-20-21(12-9-6-7-10-13-24(35)36)23(34)16-22(20)32-18-30-25-26(31(2)3)28-17-29-27(25)32/h6,9,14-15,17-22,33H,4-5,7-8,10-13,16H2,1-3H3,(H,35,36)/b9-6-,15-14+/t19-,20-,21-,22-/m1/s1. The number of rotatable bonds is 14. The molecule has 2 aromatic heterocycles. The van der Waals surface area contributed by atoms with Crippen LogP contribution in [0.5, 0.6) is 0 Å². The maximum absolute atomic E-state index is 13.2. The van der Waals surface area contributed by atoms with Crippen molar-refractivity contribution >= 4 is 28.7 Å². The molecule has 0 aromatic carbocycles. The number of imidazole rings is 1. The normalized spacial score (nSPS) is 21.2. The van der Waals surface area contributed by atoms with E-state index in [1.54, 1.807) is 6.33 Å². The van der Waals surface area contributed by atoms with E-state index >= 15 is 0 Å². The van der Waals surface area contributed by atoms with Gasteiger partial charge in [-0.15, -0.1) is 0 Å². The van der Waals surface area contributed by atoms with Crippen LogP contribution >= 0.6 is 0 Å². The number of carboxylic acid groups (broad SMARTS) is 1. The van der Waals surface area contributed by atoms with Gasteiger partial charge in [0, 0.05) is 38.8 Å². The Morgan fingerprint density at radius 1 is 1.22 bits per heavy atom. The quantitative estimate of drug-likeness (QED) is 0.292. The number of hydrogen-bond acceptors (Lipinski definition) is 7. The van der Waals surface area contributed by atoms with E-state index in [0.29, 0.717) is 43.3 Å². The second-order valence-corrected chi connectivity index (χ2v) is 9.78. The van der Waals surface area contributed by atoms with Crippen molar-refractivity contribution in [2.75, 3.05) is 19.0 Å². The number of carbonyl (C=O) groups is 2. The van der Waals surface area contributed by atoms with Gasteiger partial charge in [0.05, 0.1) is 18.5 Å². The van der Waals surface area contributed by atoms with Crippen LogP contribution in [0.4, 0.5) is 5.82 Å². The average molecular weight is 498 g/mol. The number of aromatic nitrogens is 4. The second-order valence-electron chi connectivity index (χ2n) is 9.78. The number of hydrogen-bond donors (Lipinski definition) is 2. The lowest BCUT2D eigenvalue weighted by atomic mass is 9.89.